The molecule has 0 fully saturated rings. The highest BCUT2D eigenvalue weighted by Gasteiger charge is 2.18. The minimum atomic E-state index is -1.73. The van der Waals surface area contributed by atoms with Gasteiger partial charge in [-0.25, -0.2) is 0 Å². The summed E-state index contributed by atoms with van der Waals surface area (Å²) in [4.78, 5) is 0. The highest BCUT2D eigenvalue weighted by atomic mass is 35.5. The summed E-state index contributed by atoms with van der Waals surface area (Å²) in [7, 11) is 1.49. The second kappa shape index (κ2) is 11.2. The molecule has 3 N–H and O–H groups in total. The second-order valence-corrected chi connectivity index (χ2v) is 7.74. The molecule has 0 saturated carbocycles. The van der Waals surface area contributed by atoms with Crippen LogP contribution in [0.3, 0.4) is 0 Å². The second-order valence-electron chi connectivity index (χ2n) is 6.93. The highest BCUT2D eigenvalue weighted by Crippen LogP contribution is 2.27. The molecule has 3 aromatic carbocycles. The van der Waals surface area contributed by atoms with E-state index in [2.05, 4.69) is 11.9 Å². The third kappa shape index (κ3) is 6.69. The molecule has 3 aromatic rings. The fraction of sp³-hybridized carbons (Fsp3) is 0.0833. The van der Waals surface area contributed by atoms with Crippen LogP contribution < -0.4 is 25.0 Å². The van der Waals surface area contributed by atoms with Gasteiger partial charge in [0.25, 0.3) is 0 Å². The lowest BCUT2D eigenvalue weighted by Gasteiger charge is -2.14. The van der Waals surface area contributed by atoms with Crippen LogP contribution in [0.4, 0.5) is 5.69 Å². The van der Waals surface area contributed by atoms with Crippen molar-refractivity contribution < 1.29 is 24.3 Å². The number of halogens is 2. The number of methoxy groups -OCH3 is 2. The molecule has 0 aliphatic heterocycles. The number of hydrogen-bond acceptors (Lipinski definition) is 6. The van der Waals surface area contributed by atoms with Crippen LogP contribution in [0.2, 0.25) is 10.0 Å². The third-order valence-corrected chi connectivity index (χ3v) is 5.24. The van der Waals surface area contributed by atoms with Crippen molar-refractivity contribution in [3.63, 3.8) is 0 Å². The van der Waals surface area contributed by atoms with Crippen molar-refractivity contribution in [2.75, 3.05) is 19.5 Å². The predicted octanol–water partition coefficient (Wildman–Crippen LogP) is 4.82. The van der Waals surface area contributed by atoms with E-state index in [9.17, 15) is 10.0 Å². The number of hydrogen-bond donors (Lipinski definition) is 3. The summed E-state index contributed by atoms with van der Waals surface area (Å²) in [5.41, 5.74) is 2.39. The van der Waals surface area contributed by atoms with Crippen LogP contribution >= 0.6 is 23.2 Å². The molecule has 0 amide bonds. The molecule has 0 bridgehead atoms. The minimum absolute atomic E-state index is 0.112. The van der Waals surface area contributed by atoms with Gasteiger partial charge in [0.1, 0.15) is 17.2 Å². The molecule has 0 aliphatic rings. The summed E-state index contributed by atoms with van der Waals surface area (Å²) < 4.78 is 16.3. The highest BCUT2D eigenvalue weighted by molar-refractivity contribution is 6.63. The Balaban J connectivity index is 1.66. The van der Waals surface area contributed by atoms with Gasteiger partial charge in [-0.3, -0.25) is 0 Å². The fourth-order valence-electron chi connectivity index (χ4n) is 2.94. The molecule has 0 aromatic heterocycles. The van der Waals surface area contributed by atoms with E-state index < -0.39 is 7.12 Å². The summed E-state index contributed by atoms with van der Waals surface area (Å²) in [5, 5.41) is 22.1. The Labute approximate surface area is 202 Å². The third-order valence-electron chi connectivity index (χ3n) is 4.60. The van der Waals surface area contributed by atoms with Crippen LogP contribution in [-0.4, -0.2) is 31.4 Å². The van der Waals surface area contributed by atoms with E-state index in [1.165, 1.54) is 12.1 Å². The average molecular weight is 486 g/mol. The molecule has 0 radical (unpaired) electrons. The van der Waals surface area contributed by atoms with Crippen molar-refractivity contribution >= 4 is 53.6 Å². The molecule has 33 heavy (non-hydrogen) atoms. The first kappa shape index (κ1) is 24.5. The zero-order valence-electron chi connectivity index (χ0n) is 18.0. The smallest absolute Gasteiger partial charge is 0.490 e. The van der Waals surface area contributed by atoms with Gasteiger partial charge in [-0.1, -0.05) is 47.5 Å². The first-order valence-corrected chi connectivity index (χ1v) is 10.5. The lowest BCUT2D eigenvalue weighted by atomic mass is 9.80. The van der Waals surface area contributed by atoms with Crippen molar-refractivity contribution in [3.05, 3.63) is 88.2 Å². The summed E-state index contributed by atoms with van der Waals surface area (Å²) >= 11 is 12.1. The summed E-state index contributed by atoms with van der Waals surface area (Å²) in [6.45, 7) is 3.83. The maximum atomic E-state index is 9.41. The Morgan fingerprint density at radius 2 is 1.45 bits per heavy atom. The normalized spacial score (nSPS) is 10.7. The van der Waals surface area contributed by atoms with E-state index in [0.29, 0.717) is 22.9 Å². The fourth-order valence-corrected chi connectivity index (χ4v) is 3.47. The monoisotopic (exact) mass is 485 g/mol. The maximum absolute atomic E-state index is 9.41. The van der Waals surface area contributed by atoms with Gasteiger partial charge in [0.05, 0.1) is 24.9 Å². The van der Waals surface area contributed by atoms with Crippen LogP contribution in [-0.2, 0) is 0 Å². The van der Waals surface area contributed by atoms with E-state index in [1.54, 1.807) is 26.4 Å². The topological polar surface area (TPSA) is 80.2 Å². The minimum Gasteiger partial charge on any atom is -0.497 e. The Hall–Kier alpha value is -3.10. The van der Waals surface area contributed by atoms with Crippen molar-refractivity contribution in [3.8, 4) is 17.2 Å². The van der Waals surface area contributed by atoms with Gasteiger partial charge in [-0.05, 0) is 54.1 Å². The zero-order chi connectivity index (χ0) is 24.0. The van der Waals surface area contributed by atoms with Crippen molar-refractivity contribution in [2.45, 2.75) is 0 Å². The van der Waals surface area contributed by atoms with E-state index in [1.807, 2.05) is 42.5 Å². The number of rotatable bonds is 9. The molecule has 6 nitrogen and oxygen atoms in total. The lowest BCUT2D eigenvalue weighted by molar-refractivity contribution is 0.394. The molecular weight excluding hydrogens is 464 g/mol. The molecule has 9 heteroatoms. The maximum Gasteiger partial charge on any atom is 0.490 e. The Kier molecular flexibility index (Phi) is 8.30. The largest absolute Gasteiger partial charge is 0.497 e. The van der Waals surface area contributed by atoms with E-state index in [4.69, 9.17) is 37.4 Å². The number of benzene rings is 3. The van der Waals surface area contributed by atoms with Crippen molar-refractivity contribution in [2.24, 2.45) is 0 Å². The lowest BCUT2D eigenvalue weighted by Crippen LogP contribution is -2.31. The van der Waals surface area contributed by atoms with Crippen LogP contribution in [0, 0.1) is 0 Å². The number of ether oxygens (including phenoxy) is 3. The first-order valence-electron chi connectivity index (χ1n) is 9.79. The Bertz CT molecular complexity index is 1140. The van der Waals surface area contributed by atoms with Gasteiger partial charge in [-0.15, -0.1) is 0 Å². The van der Waals surface area contributed by atoms with Gasteiger partial charge in [0.2, 0.25) is 0 Å². The van der Waals surface area contributed by atoms with Crippen molar-refractivity contribution in [1.82, 2.24) is 0 Å². The molecule has 0 spiro atoms. The SMILES string of the molecule is C=C(Nc1cc(B(O)O)c(Cl)cc1Cl)Oc1ccc(/C=C/c2cc(OC)cc(OC)c2)cc1. The average Bonchev–Trinajstić information content (AvgIpc) is 2.79. The molecule has 0 unspecified atom stereocenters. The van der Waals surface area contributed by atoms with Crippen LogP contribution in [0.5, 0.6) is 17.2 Å². The van der Waals surface area contributed by atoms with Gasteiger partial charge >= 0.3 is 7.12 Å². The molecular formula is C24H22BCl2NO5. The Morgan fingerprint density at radius 3 is 2.03 bits per heavy atom. The summed E-state index contributed by atoms with van der Waals surface area (Å²) in [5.74, 6) is 2.18. The van der Waals surface area contributed by atoms with E-state index in [0.717, 1.165) is 11.1 Å². The predicted molar refractivity (Wildman–Crippen MR) is 135 cm³/mol. The molecule has 0 saturated heterocycles. The number of anilines is 1. The van der Waals surface area contributed by atoms with Crippen LogP contribution in [0.15, 0.2) is 67.1 Å². The summed E-state index contributed by atoms with van der Waals surface area (Å²) in [6, 6.07) is 15.9. The standard InChI is InChI=1S/C24H22BCl2NO5/c1-15(28-24-13-21(25(29)30)22(26)14-23(24)27)33-18-8-6-16(7-9-18)4-5-17-10-19(31-2)12-20(11-17)32-3/h4-14,28-30H,1H2,2-3H3/b5-4+. The van der Waals surface area contributed by atoms with Crippen LogP contribution in [0.1, 0.15) is 11.1 Å². The van der Waals surface area contributed by atoms with Gasteiger partial charge in [0.15, 0.2) is 5.88 Å². The quantitative estimate of drug-likeness (QED) is 0.229. The molecule has 0 atom stereocenters. The molecule has 3 rings (SSSR count). The first-order chi connectivity index (χ1) is 15.8. The van der Waals surface area contributed by atoms with E-state index >= 15 is 0 Å². The Morgan fingerprint density at radius 1 is 0.848 bits per heavy atom. The van der Waals surface area contributed by atoms with E-state index in [-0.39, 0.29) is 21.4 Å². The van der Waals surface area contributed by atoms with Crippen molar-refractivity contribution in [1.29, 1.82) is 0 Å². The van der Waals surface area contributed by atoms with Gasteiger partial charge in [-0.2, -0.15) is 0 Å². The molecule has 0 aliphatic carbocycles. The van der Waals surface area contributed by atoms with Gasteiger partial charge < -0.3 is 29.6 Å². The number of nitrogens with one attached hydrogen (secondary N) is 1. The molecule has 0 heterocycles. The summed E-state index contributed by atoms with van der Waals surface area (Å²) in [6.07, 6.45) is 3.91. The van der Waals surface area contributed by atoms with Crippen LogP contribution in [0.25, 0.3) is 12.2 Å². The van der Waals surface area contributed by atoms with Gasteiger partial charge in [0, 0.05) is 16.6 Å². The zero-order valence-corrected chi connectivity index (χ0v) is 19.5. The molecule has 170 valence electrons.